The van der Waals surface area contributed by atoms with Crippen LogP contribution in [-0.4, -0.2) is 17.6 Å². The van der Waals surface area contributed by atoms with E-state index in [1.165, 1.54) is 0 Å². The molecule has 30 heavy (non-hydrogen) atoms. The Morgan fingerprint density at radius 3 is 2.40 bits per heavy atom. The number of nitrogens with zero attached hydrogens (tertiary/aromatic N) is 1. The topological polar surface area (TPSA) is 49.4 Å². The number of hydrogen-bond donors (Lipinski definition) is 1. The summed E-state index contributed by atoms with van der Waals surface area (Å²) in [5, 5.41) is 2.86. The highest BCUT2D eigenvalue weighted by Gasteiger charge is 2.36. The van der Waals surface area contributed by atoms with Gasteiger partial charge in [0, 0.05) is 22.5 Å². The summed E-state index contributed by atoms with van der Waals surface area (Å²) in [6.07, 6.45) is 0. The maximum atomic E-state index is 12.8. The highest BCUT2D eigenvalue weighted by atomic mass is 32.2. The Balaban J connectivity index is 1.67. The predicted molar refractivity (Wildman–Crippen MR) is 124 cm³/mol. The summed E-state index contributed by atoms with van der Waals surface area (Å²) < 4.78 is 0. The number of hydrogen-bond acceptors (Lipinski definition) is 3. The van der Waals surface area contributed by atoms with Gasteiger partial charge in [-0.15, -0.1) is 11.8 Å². The molecule has 3 aromatic carbocycles. The summed E-state index contributed by atoms with van der Waals surface area (Å²) in [6.45, 7) is 6.07. The SMILES string of the molecule is Cc1ccc(C(=O)Nc2ccccc2C2SCC(=O)N2c2ccc(C)cc2C)cc1. The van der Waals surface area contributed by atoms with Crippen LogP contribution in [0.15, 0.2) is 66.7 Å². The number of benzene rings is 3. The van der Waals surface area contributed by atoms with Gasteiger partial charge in [0.15, 0.2) is 0 Å². The van der Waals surface area contributed by atoms with Crippen LogP contribution in [0.2, 0.25) is 0 Å². The van der Waals surface area contributed by atoms with Gasteiger partial charge in [-0.3, -0.25) is 14.5 Å². The van der Waals surface area contributed by atoms with Crippen molar-refractivity contribution in [2.45, 2.75) is 26.1 Å². The highest BCUT2D eigenvalue weighted by molar-refractivity contribution is 8.00. The number of anilines is 2. The van der Waals surface area contributed by atoms with Gasteiger partial charge in [0.2, 0.25) is 5.91 Å². The summed E-state index contributed by atoms with van der Waals surface area (Å²) in [6, 6.07) is 21.3. The fraction of sp³-hybridized carbons (Fsp3) is 0.200. The minimum Gasteiger partial charge on any atom is -0.322 e. The average Bonchev–Trinajstić information content (AvgIpc) is 3.10. The molecule has 1 aliphatic heterocycles. The van der Waals surface area contributed by atoms with Gasteiger partial charge in [0.1, 0.15) is 5.37 Å². The number of aryl methyl sites for hydroxylation is 3. The van der Waals surface area contributed by atoms with E-state index >= 15 is 0 Å². The summed E-state index contributed by atoms with van der Waals surface area (Å²) >= 11 is 1.58. The van der Waals surface area contributed by atoms with Gasteiger partial charge in [-0.05, 0) is 50.6 Å². The first kappa shape index (κ1) is 20.2. The number of carbonyl (C=O) groups is 2. The lowest BCUT2D eigenvalue weighted by atomic mass is 10.1. The predicted octanol–water partition coefficient (Wildman–Crippen LogP) is 5.64. The first-order chi connectivity index (χ1) is 14.4. The Labute approximate surface area is 181 Å². The van der Waals surface area contributed by atoms with Gasteiger partial charge in [-0.1, -0.05) is 53.6 Å². The van der Waals surface area contributed by atoms with E-state index < -0.39 is 0 Å². The van der Waals surface area contributed by atoms with Crippen molar-refractivity contribution in [2.24, 2.45) is 0 Å². The maximum absolute atomic E-state index is 12.8. The zero-order chi connectivity index (χ0) is 21.3. The fourth-order valence-electron chi connectivity index (χ4n) is 3.72. The molecule has 0 aromatic heterocycles. The van der Waals surface area contributed by atoms with E-state index in [1.807, 2.05) is 86.3 Å². The van der Waals surface area contributed by atoms with Crippen LogP contribution < -0.4 is 10.2 Å². The standard InChI is InChI=1S/C25H24N2O2S/c1-16-8-11-19(12-9-16)24(29)26-21-7-5-4-6-20(21)25-27(23(28)15-30-25)22-13-10-17(2)14-18(22)3/h4-14,25H,15H2,1-3H3,(H,26,29). The van der Waals surface area contributed by atoms with Gasteiger partial charge >= 0.3 is 0 Å². The minimum absolute atomic E-state index is 0.0802. The normalized spacial score (nSPS) is 16.0. The number of amides is 2. The molecule has 0 spiro atoms. The molecule has 1 saturated heterocycles. The zero-order valence-corrected chi connectivity index (χ0v) is 18.1. The van der Waals surface area contributed by atoms with Crippen LogP contribution in [-0.2, 0) is 4.79 Å². The molecule has 3 aromatic rings. The van der Waals surface area contributed by atoms with Crippen LogP contribution in [0.3, 0.4) is 0 Å². The number of nitrogens with one attached hydrogen (secondary N) is 1. The van der Waals surface area contributed by atoms with Crippen molar-refractivity contribution >= 4 is 35.0 Å². The first-order valence-corrected chi connectivity index (χ1v) is 11.0. The van der Waals surface area contributed by atoms with Crippen LogP contribution in [0.5, 0.6) is 0 Å². The number of carbonyl (C=O) groups excluding carboxylic acids is 2. The quantitative estimate of drug-likeness (QED) is 0.598. The molecule has 0 saturated carbocycles. The summed E-state index contributed by atoms with van der Waals surface area (Å²) in [5.74, 6) is 0.338. The molecule has 1 N–H and O–H groups in total. The lowest BCUT2D eigenvalue weighted by molar-refractivity contribution is -0.115. The van der Waals surface area contributed by atoms with Crippen molar-refractivity contribution in [3.63, 3.8) is 0 Å². The van der Waals surface area contributed by atoms with Crippen molar-refractivity contribution in [1.29, 1.82) is 0 Å². The average molecular weight is 417 g/mol. The number of thioether (sulfide) groups is 1. The molecule has 152 valence electrons. The molecular weight excluding hydrogens is 392 g/mol. The van der Waals surface area contributed by atoms with E-state index in [4.69, 9.17) is 0 Å². The second kappa shape index (κ2) is 8.36. The lowest BCUT2D eigenvalue weighted by Gasteiger charge is -2.27. The third-order valence-corrected chi connectivity index (χ3v) is 6.46. The molecular formula is C25H24N2O2S. The molecule has 4 rings (SSSR count). The van der Waals surface area contributed by atoms with Crippen molar-refractivity contribution in [2.75, 3.05) is 16.0 Å². The van der Waals surface area contributed by atoms with Crippen molar-refractivity contribution in [3.8, 4) is 0 Å². The second-order valence-corrected chi connectivity index (χ2v) is 8.69. The van der Waals surface area contributed by atoms with Gasteiger partial charge in [0.05, 0.1) is 5.75 Å². The zero-order valence-electron chi connectivity index (χ0n) is 17.3. The Hall–Kier alpha value is -3.05. The molecule has 1 atom stereocenters. The van der Waals surface area contributed by atoms with E-state index in [1.54, 1.807) is 11.8 Å². The molecule has 1 unspecified atom stereocenters. The minimum atomic E-state index is -0.187. The van der Waals surface area contributed by atoms with Crippen molar-refractivity contribution in [1.82, 2.24) is 0 Å². The molecule has 5 heteroatoms. The van der Waals surface area contributed by atoms with E-state index in [2.05, 4.69) is 11.4 Å². The Morgan fingerprint density at radius 2 is 1.67 bits per heavy atom. The van der Waals surface area contributed by atoms with Crippen LogP contribution in [0, 0.1) is 20.8 Å². The summed E-state index contributed by atoms with van der Waals surface area (Å²) in [7, 11) is 0. The van der Waals surface area contributed by atoms with Gasteiger partial charge in [-0.2, -0.15) is 0 Å². The number of rotatable bonds is 4. The van der Waals surface area contributed by atoms with Crippen LogP contribution >= 0.6 is 11.8 Å². The Kier molecular flexibility index (Phi) is 5.64. The molecule has 0 radical (unpaired) electrons. The summed E-state index contributed by atoms with van der Waals surface area (Å²) in [5.41, 5.74) is 6.52. The second-order valence-electron chi connectivity index (χ2n) is 7.62. The maximum Gasteiger partial charge on any atom is 0.255 e. The molecule has 0 bridgehead atoms. The summed E-state index contributed by atoms with van der Waals surface area (Å²) in [4.78, 5) is 27.5. The molecule has 4 nitrogen and oxygen atoms in total. The van der Waals surface area contributed by atoms with E-state index in [0.29, 0.717) is 11.3 Å². The van der Waals surface area contributed by atoms with Crippen molar-refractivity contribution < 1.29 is 9.59 Å². The molecule has 2 amide bonds. The Bertz CT molecular complexity index is 1110. The van der Waals surface area contributed by atoms with Crippen LogP contribution in [0.4, 0.5) is 11.4 Å². The number of para-hydroxylation sites is 1. The monoisotopic (exact) mass is 416 g/mol. The van der Waals surface area contributed by atoms with Gasteiger partial charge in [-0.25, -0.2) is 0 Å². The smallest absolute Gasteiger partial charge is 0.255 e. The van der Waals surface area contributed by atoms with Gasteiger partial charge < -0.3 is 5.32 Å². The molecule has 1 heterocycles. The molecule has 1 aliphatic rings. The fourth-order valence-corrected chi connectivity index (χ4v) is 4.92. The Morgan fingerprint density at radius 1 is 0.967 bits per heavy atom. The van der Waals surface area contributed by atoms with Crippen LogP contribution in [0.25, 0.3) is 0 Å². The van der Waals surface area contributed by atoms with Crippen molar-refractivity contribution in [3.05, 3.63) is 94.5 Å². The molecule has 0 aliphatic carbocycles. The van der Waals surface area contributed by atoms with E-state index in [9.17, 15) is 9.59 Å². The van der Waals surface area contributed by atoms with E-state index in [-0.39, 0.29) is 17.2 Å². The third kappa shape index (κ3) is 3.98. The highest BCUT2D eigenvalue weighted by Crippen LogP contribution is 2.45. The first-order valence-electron chi connectivity index (χ1n) is 9.92. The third-order valence-electron chi connectivity index (χ3n) is 5.27. The lowest BCUT2D eigenvalue weighted by Crippen LogP contribution is -2.29. The largest absolute Gasteiger partial charge is 0.322 e. The van der Waals surface area contributed by atoms with E-state index in [0.717, 1.165) is 33.6 Å². The van der Waals surface area contributed by atoms with Crippen LogP contribution in [0.1, 0.15) is 38.0 Å². The van der Waals surface area contributed by atoms with Gasteiger partial charge in [0.25, 0.3) is 5.91 Å². The molecule has 1 fully saturated rings.